The first-order chi connectivity index (χ1) is 29.9. The summed E-state index contributed by atoms with van der Waals surface area (Å²) >= 11 is 0. The van der Waals surface area contributed by atoms with Crippen molar-refractivity contribution in [2.75, 3.05) is 4.90 Å². The number of hydrogen-bond donors (Lipinski definition) is 0. The fraction of sp³-hybridized carbons (Fsp3) is 0.164. The number of hydrogen-bond acceptors (Lipinski definition) is 7. The summed E-state index contributed by atoms with van der Waals surface area (Å²) < 4.78 is 0. The second-order valence-corrected chi connectivity index (χ2v) is 18.2. The van der Waals surface area contributed by atoms with Gasteiger partial charge in [-0.05, 0) is 144 Å². The maximum atomic E-state index is 5.40. The van der Waals surface area contributed by atoms with E-state index in [-0.39, 0.29) is 0 Å². The fourth-order valence-corrected chi connectivity index (χ4v) is 9.79. The number of benzene rings is 9. The van der Waals surface area contributed by atoms with Crippen molar-refractivity contribution >= 4 is 60.2 Å². The van der Waals surface area contributed by atoms with Crippen LogP contribution < -0.4 is 37.0 Å². The lowest BCUT2D eigenvalue weighted by Crippen LogP contribution is -2.38. The Morgan fingerprint density at radius 2 is 0.774 bits per heavy atom. The second-order valence-electron chi connectivity index (χ2n) is 18.2. The Morgan fingerprint density at radius 1 is 0.323 bits per heavy atom. The number of rotatable bonds is 5. The molecule has 0 unspecified atom stereocenters. The van der Waals surface area contributed by atoms with Crippen LogP contribution in [0.4, 0.5) is 17.1 Å². The highest BCUT2D eigenvalue weighted by Crippen LogP contribution is 2.35. The summed E-state index contributed by atoms with van der Waals surface area (Å²) in [6, 6.07) is 54.5. The third-order valence-electron chi connectivity index (χ3n) is 12.4. The van der Waals surface area contributed by atoms with E-state index in [1.54, 1.807) is 0 Å². The summed E-state index contributed by atoms with van der Waals surface area (Å²) in [4.78, 5) is 34.0. The predicted molar refractivity (Wildman–Crippen MR) is 251 cm³/mol. The lowest BCUT2D eigenvalue weighted by molar-refractivity contribution is 0.549. The molecule has 0 N–H and O–H groups in total. The largest absolute Gasteiger partial charge is 0.304 e. The molecule has 0 amide bonds. The maximum absolute atomic E-state index is 5.40. The van der Waals surface area contributed by atoms with E-state index >= 15 is 0 Å². The summed E-state index contributed by atoms with van der Waals surface area (Å²) in [6.07, 6.45) is 0. The van der Waals surface area contributed by atoms with Gasteiger partial charge in [0.1, 0.15) is 33.1 Å². The van der Waals surface area contributed by atoms with Crippen LogP contribution in [0.25, 0.3) is 65.3 Å². The maximum Gasteiger partial charge on any atom is 0.146 e. The standard InChI is InChI=1S/C55H43N7/c1-53(2)56-44-16-11-17-45(50(44)59-53)62(46-28-26-41(48-51(46)60-54(3,4)57-48)36-24-25-40-35(30-36)22-20-32-12-7-9-14-38(32)40)47-29-27-42(49-52(47)61-55(5,6)58-49)37-23-21-34-19-18-33-13-8-10-15-39(33)43(34)31-37/h7-31H,1-6H3. The highest BCUT2D eigenvalue weighted by atomic mass is 15.2. The van der Waals surface area contributed by atoms with E-state index in [1.165, 1.54) is 43.1 Å². The minimum absolute atomic E-state index is 0.604. The smallest absolute Gasteiger partial charge is 0.146 e. The van der Waals surface area contributed by atoms with Gasteiger partial charge < -0.3 is 4.90 Å². The number of anilines is 3. The monoisotopic (exact) mass is 801 g/mol. The highest BCUT2D eigenvalue weighted by Gasteiger charge is 2.31. The third kappa shape index (κ3) is 5.72. The molecule has 0 radical (unpaired) electrons. The van der Waals surface area contributed by atoms with Crippen molar-refractivity contribution < 1.29 is 0 Å². The molecule has 0 aliphatic carbocycles. The van der Waals surface area contributed by atoms with E-state index in [1.807, 2.05) is 19.9 Å². The van der Waals surface area contributed by atoms with Gasteiger partial charge in [0.25, 0.3) is 0 Å². The average Bonchev–Trinajstić information content (AvgIpc) is 3.90. The molecule has 0 fully saturated rings. The van der Waals surface area contributed by atoms with E-state index in [2.05, 4.69) is 178 Å². The van der Waals surface area contributed by atoms with Crippen molar-refractivity contribution in [3.63, 3.8) is 0 Å². The molecule has 9 aromatic carbocycles. The summed E-state index contributed by atoms with van der Waals surface area (Å²) in [5.41, 5.74) is 4.99. The van der Waals surface area contributed by atoms with Gasteiger partial charge in [-0.25, -0.2) is 0 Å². The normalized spacial score (nSPS) is 16.1. The Kier molecular flexibility index (Phi) is 7.54. The van der Waals surface area contributed by atoms with Crippen LogP contribution >= 0.6 is 0 Å². The number of para-hydroxylation sites is 1. The summed E-state index contributed by atoms with van der Waals surface area (Å²) in [6.45, 7) is 12.4. The Morgan fingerprint density at radius 3 is 1.42 bits per heavy atom. The van der Waals surface area contributed by atoms with Crippen molar-refractivity contribution in [3.8, 4) is 22.3 Å². The molecule has 0 atom stereocenters. The van der Waals surface area contributed by atoms with Crippen molar-refractivity contribution in [2.24, 2.45) is 30.0 Å². The molecule has 0 saturated heterocycles. The van der Waals surface area contributed by atoms with Crippen molar-refractivity contribution in [3.05, 3.63) is 184 Å². The zero-order chi connectivity index (χ0) is 42.1. The molecule has 0 spiro atoms. The molecule has 9 aromatic rings. The van der Waals surface area contributed by atoms with Gasteiger partial charge in [-0.15, -0.1) is 0 Å². The molecule has 3 aliphatic heterocycles. The Labute approximate surface area is 358 Å². The van der Waals surface area contributed by atoms with Crippen molar-refractivity contribution in [1.29, 1.82) is 0 Å². The van der Waals surface area contributed by atoms with Crippen LogP contribution in [-0.2, 0) is 0 Å². The highest BCUT2D eigenvalue weighted by molar-refractivity contribution is 6.09. The molecule has 62 heavy (non-hydrogen) atoms. The third-order valence-corrected chi connectivity index (χ3v) is 12.4. The van der Waals surface area contributed by atoms with Crippen LogP contribution in [0, 0.1) is 0 Å². The van der Waals surface area contributed by atoms with E-state index in [0.717, 1.165) is 71.5 Å². The van der Waals surface area contributed by atoms with Gasteiger partial charge >= 0.3 is 0 Å². The zero-order valence-electron chi connectivity index (χ0n) is 35.6. The number of nitrogens with zero attached hydrogens (tertiary/aromatic N) is 7. The van der Waals surface area contributed by atoms with E-state index in [4.69, 9.17) is 30.0 Å². The topological polar surface area (TPSA) is 77.4 Å². The molecule has 3 heterocycles. The Balaban J connectivity index is 1.11. The van der Waals surface area contributed by atoms with Gasteiger partial charge in [0.2, 0.25) is 0 Å². The van der Waals surface area contributed by atoms with E-state index < -0.39 is 17.0 Å². The van der Waals surface area contributed by atoms with E-state index in [9.17, 15) is 0 Å². The zero-order valence-corrected chi connectivity index (χ0v) is 35.6. The summed E-state index contributed by atoms with van der Waals surface area (Å²) in [5.74, 6) is 0. The molecular formula is C55H43N7. The predicted octanol–water partition coefficient (Wildman–Crippen LogP) is 10.1. The van der Waals surface area contributed by atoms with Crippen molar-refractivity contribution in [1.82, 2.24) is 0 Å². The van der Waals surface area contributed by atoms with Crippen LogP contribution in [0.1, 0.15) is 41.5 Å². The molecular weight excluding hydrogens is 759 g/mol. The molecule has 12 rings (SSSR count). The minimum Gasteiger partial charge on any atom is -0.304 e. The molecule has 0 bridgehead atoms. The molecule has 0 aromatic heterocycles. The van der Waals surface area contributed by atoms with Crippen LogP contribution in [0.2, 0.25) is 0 Å². The molecule has 7 nitrogen and oxygen atoms in total. The SMILES string of the molecule is CC1(C)N=c2cccc(N(c3ccc(-c4ccc5c(ccc6ccccc65)c4)c4c3=NC(C)(C)N=4)c3ccc(-c4ccc5ccc6ccccc6c5c4)c4c3=NC(C)(C)N=4)c2=N1. The molecule has 3 aliphatic rings. The van der Waals surface area contributed by atoms with Gasteiger partial charge in [-0.1, -0.05) is 103 Å². The Hall–Kier alpha value is -7.38. The lowest BCUT2D eigenvalue weighted by atomic mass is 9.96. The van der Waals surface area contributed by atoms with E-state index in [0.29, 0.717) is 0 Å². The van der Waals surface area contributed by atoms with Gasteiger partial charge in [0.05, 0.1) is 33.1 Å². The van der Waals surface area contributed by atoms with Crippen LogP contribution in [0.3, 0.4) is 0 Å². The second kappa shape index (κ2) is 12.8. The quantitative estimate of drug-likeness (QED) is 0.160. The fourth-order valence-electron chi connectivity index (χ4n) is 9.79. The minimum atomic E-state index is -0.683. The van der Waals surface area contributed by atoms with Gasteiger partial charge in [-0.2, -0.15) is 0 Å². The molecule has 298 valence electrons. The lowest BCUT2D eigenvalue weighted by Gasteiger charge is -2.26. The van der Waals surface area contributed by atoms with Gasteiger partial charge in [-0.3, -0.25) is 30.0 Å². The van der Waals surface area contributed by atoms with Crippen LogP contribution in [-0.4, -0.2) is 17.0 Å². The van der Waals surface area contributed by atoms with Crippen molar-refractivity contribution in [2.45, 2.75) is 58.5 Å². The first-order valence-electron chi connectivity index (χ1n) is 21.4. The number of fused-ring (bicyclic) bond motifs is 9. The average molecular weight is 802 g/mol. The van der Waals surface area contributed by atoms with Gasteiger partial charge in [0.15, 0.2) is 0 Å². The molecule has 7 heteroatoms. The first kappa shape index (κ1) is 36.5. The summed E-state index contributed by atoms with van der Waals surface area (Å²) in [7, 11) is 0. The van der Waals surface area contributed by atoms with Crippen LogP contribution in [0.5, 0.6) is 0 Å². The summed E-state index contributed by atoms with van der Waals surface area (Å²) in [5, 5.41) is 14.8. The first-order valence-corrected chi connectivity index (χ1v) is 21.4. The Bertz CT molecular complexity index is 3860. The van der Waals surface area contributed by atoms with Gasteiger partial charge in [0, 0.05) is 11.1 Å². The van der Waals surface area contributed by atoms with Crippen LogP contribution in [0.15, 0.2) is 182 Å². The molecule has 0 saturated carbocycles.